The number of hydrogen-bond donors (Lipinski definition) is 1. The summed E-state index contributed by atoms with van der Waals surface area (Å²) in [6, 6.07) is 8.59. The first kappa shape index (κ1) is 11.9. The topological polar surface area (TPSA) is 29.1 Å². The second kappa shape index (κ2) is 6.36. The van der Waals surface area contributed by atoms with E-state index in [9.17, 15) is 4.79 Å². The molecule has 1 atom stereocenters. The molecule has 1 aromatic rings. The van der Waals surface area contributed by atoms with Gasteiger partial charge in [0.2, 0.25) is 0 Å². The summed E-state index contributed by atoms with van der Waals surface area (Å²) in [5.74, 6) is 0.627. The van der Waals surface area contributed by atoms with Gasteiger partial charge in [-0.15, -0.1) is 0 Å². The standard InChI is InChI=1S/C13H19NO/c1-3-11(2)13-6-4-12(5-7-13)10-14-8-9-15/h4-7,9,11,14H,3,8,10H2,1-2H3. The first-order valence-corrected chi connectivity index (χ1v) is 5.51. The zero-order chi connectivity index (χ0) is 11.1. The molecular weight excluding hydrogens is 186 g/mol. The Hall–Kier alpha value is -1.15. The first-order valence-electron chi connectivity index (χ1n) is 5.51. The maximum absolute atomic E-state index is 10.1. The van der Waals surface area contributed by atoms with Crippen molar-refractivity contribution in [2.45, 2.75) is 32.7 Å². The van der Waals surface area contributed by atoms with Gasteiger partial charge in [-0.25, -0.2) is 0 Å². The van der Waals surface area contributed by atoms with E-state index >= 15 is 0 Å². The molecule has 0 bridgehead atoms. The molecule has 0 fully saturated rings. The lowest BCUT2D eigenvalue weighted by Gasteiger charge is -2.09. The average molecular weight is 205 g/mol. The minimum atomic E-state index is 0.424. The first-order chi connectivity index (χ1) is 7.27. The smallest absolute Gasteiger partial charge is 0.133 e. The van der Waals surface area contributed by atoms with E-state index in [1.54, 1.807) is 0 Å². The third kappa shape index (κ3) is 3.84. The molecule has 1 unspecified atom stereocenters. The van der Waals surface area contributed by atoms with Crippen LogP contribution in [0.3, 0.4) is 0 Å². The largest absolute Gasteiger partial charge is 0.306 e. The van der Waals surface area contributed by atoms with Gasteiger partial charge in [0, 0.05) is 6.54 Å². The fourth-order valence-corrected chi connectivity index (χ4v) is 1.48. The molecule has 82 valence electrons. The highest BCUT2D eigenvalue weighted by Gasteiger charge is 2.01. The van der Waals surface area contributed by atoms with Gasteiger partial charge in [-0.3, -0.25) is 0 Å². The Morgan fingerprint density at radius 2 is 2.00 bits per heavy atom. The maximum Gasteiger partial charge on any atom is 0.133 e. The number of rotatable bonds is 6. The molecule has 0 aliphatic carbocycles. The highest BCUT2D eigenvalue weighted by atomic mass is 16.1. The molecule has 15 heavy (non-hydrogen) atoms. The van der Waals surface area contributed by atoms with E-state index in [0.29, 0.717) is 12.5 Å². The zero-order valence-electron chi connectivity index (χ0n) is 9.49. The average Bonchev–Trinajstić information content (AvgIpc) is 2.29. The molecule has 0 aromatic heterocycles. The van der Waals surface area contributed by atoms with Crippen LogP contribution in [0.2, 0.25) is 0 Å². The fourth-order valence-electron chi connectivity index (χ4n) is 1.48. The monoisotopic (exact) mass is 205 g/mol. The second-order valence-electron chi connectivity index (χ2n) is 3.85. The third-order valence-electron chi connectivity index (χ3n) is 2.72. The van der Waals surface area contributed by atoms with Crippen molar-refractivity contribution in [3.05, 3.63) is 35.4 Å². The van der Waals surface area contributed by atoms with Crippen molar-refractivity contribution in [1.29, 1.82) is 0 Å². The minimum absolute atomic E-state index is 0.424. The summed E-state index contributed by atoms with van der Waals surface area (Å²) >= 11 is 0. The second-order valence-corrected chi connectivity index (χ2v) is 3.85. The summed E-state index contributed by atoms with van der Waals surface area (Å²) < 4.78 is 0. The van der Waals surface area contributed by atoms with Gasteiger partial charge in [0.1, 0.15) is 6.29 Å². The lowest BCUT2D eigenvalue weighted by molar-refractivity contribution is -0.107. The molecule has 0 amide bonds. The molecule has 0 heterocycles. The number of benzene rings is 1. The summed E-state index contributed by atoms with van der Waals surface area (Å²) in [4.78, 5) is 10.1. The van der Waals surface area contributed by atoms with Crippen LogP contribution in [0.1, 0.15) is 37.3 Å². The molecule has 1 rings (SSSR count). The Morgan fingerprint density at radius 3 is 2.53 bits per heavy atom. The molecule has 0 saturated carbocycles. The Morgan fingerprint density at radius 1 is 1.33 bits per heavy atom. The van der Waals surface area contributed by atoms with Crippen molar-refractivity contribution in [2.75, 3.05) is 6.54 Å². The van der Waals surface area contributed by atoms with Crippen LogP contribution in [0.4, 0.5) is 0 Å². The fraction of sp³-hybridized carbons (Fsp3) is 0.462. The Balaban J connectivity index is 2.52. The Bertz CT molecular complexity index is 292. The number of carbonyl (C=O) groups excluding carboxylic acids is 1. The van der Waals surface area contributed by atoms with E-state index in [1.165, 1.54) is 17.5 Å². The van der Waals surface area contributed by atoms with Crippen molar-refractivity contribution in [1.82, 2.24) is 5.32 Å². The predicted octanol–water partition coefficient (Wildman–Crippen LogP) is 2.49. The number of hydrogen-bond acceptors (Lipinski definition) is 2. The van der Waals surface area contributed by atoms with E-state index in [0.717, 1.165) is 12.8 Å². The van der Waals surface area contributed by atoms with Gasteiger partial charge in [0.15, 0.2) is 0 Å². The van der Waals surface area contributed by atoms with E-state index in [4.69, 9.17) is 0 Å². The van der Waals surface area contributed by atoms with Crippen LogP contribution in [0.15, 0.2) is 24.3 Å². The van der Waals surface area contributed by atoms with Crippen molar-refractivity contribution < 1.29 is 4.79 Å². The van der Waals surface area contributed by atoms with Crippen molar-refractivity contribution in [2.24, 2.45) is 0 Å². The van der Waals surface area contributed by atoms with Crippen LogP contribution in [0.5, 0.6) is 0 Å². The van der Waals surface area contributed by atoms with Gasteiger partial charge in [-0.1, -0.05) is 38.1 Å². The number of aldehydes is 1. The summed E-state index contributed by atoms with van der Waals surface area (Å²) in [6.45, 7) is 5.62. The summed E-state index contributed by atoms with van der Waals surface area (Å²) in [7, 11) is 0. The molecule has 0 aliphatic rings. The zero-order valence-corrected chi connectivity index (χ0v) is 9.49. The van der Waals surface area contributed by atoms with Gasteiger partial charge in [0.25, 0.3) is 0 Å². The Kier molecular flexibility index (Phi) is 5.05. The quantitative estimate of drug-likeness (QED) is 0.571. The highest BCUT2D eigenvalue weighted by Crippen LogP contribution is 2.18. The normalized spacial score (nSPS) is 12.4. The maximum atomic E-state index is 10.1. The summed E-state index contributed by atoms with van der Waals surface area (Å²) in [5, 5.41) is 3.05. The molecule has 2 nitrogen and oxygen atoms in total. The van der Waals surface area contributed by atoms with Crippen LogP contribution in [0, 0.1) is 0 Å². The highest BCUT2D eigenvalue weighted by molar-refractivity contribution is 5.51. The van der Waals surface area contributed by atoms with Crippen molar-refractivity contribution in [3.8, 4) is 0 Å². The summed E-state index contributed by atoms with van der Waals surface area (Å²) in [5.41, 5.74) is 2.61. The molecule has 0 spiro atoms. The van der Waals surface area contributed by atoms with Crippen LogP contribution in [-0.4, -0.2) is 12.8 Å². The van der Waals surface area contributed by atoms with E-state index in [2.05, 4.69) is 43.4 Å². The summed E-state index contributed by atoms with van der Waals surface area (Å²) in [6.07, 6.45) is 2.05. The molecular formula is C13H19NO. The van der Waals surface area contributed by atoms with E-state index in [-0.39, 0.29) is 0 Å². The van der Waals surface area contributed by atoms with Crippen LogP contribution < -0.4 is 5.32 Å². The lowest BCUT2D eigenvalue weighted by Crippen LogP contribution is -2.15. The minimum Gasteiger partial charge on any atom is -0.306 e. The van der Waals surface area contributed by atoms with Crippen LogP contribution in [-0.2, 0) is 11.3 Å². The lowest BCUT2D eigenvalue weighted by atomic mass is 9.98. The molecule has 1 N–H and O–H groups in total. The Labute approximate surface area is 91.7 Å². The van der Waals surface area contributed by atoms with E-state index < -0.39 is 0 Å². The third-order valence-corrected chi connectivity index (χ3v) is 2.72. The van der Waals surface area contributed by atoms with Gasteiger partial charge < -0.3 is 10.1 Å². The predicted molar refractivity (Wildman–Crippen MR) is 62.9 cm³/mol. The van der Waals surface area contributed by atoms with Crippen molar-refractivity contribution >= 4 is 6.29 Å². The van der Waals surface area contributed by atoms with Gasteiger partial charge in [0.05, 0.1) is 6.54 Å². The van der Waals surface area contributed by atoms with E-state index in [1.807, 2.05) is 0 Å². The molecule has 2 heteroatoms. The number of carbonyl (C=O) groups is 1. The van der Waals surface area contributed by atoms with Gasteiger partial charge >= 0.3 is 0 Å². The number of nitrogens with one attached hydrogen (secondary N) is 1. The molecule has 0 saturated heterocycles. The SMILES string of the molecule is CCC(C)c1ccc(CNCC=O)cc1. The molecule has 1 aromatic carbocycles. The molecule has 0 aliphatic heterocycles. The van der Waals surface area contributed by atoms with Crippen LogP contribution in [0.25, 0.3) is 0 Å². The van der Waals surface area contributed by atoms with Gasteiger partial charge in [-0.2, -0.15) is 0 Å². The van der Waals surface area contributed by atoms with Crippen molar-refractivity contribution in [3.63, 3.8) is 0 Å². The van der Waals surface area contributed by atoms with Crippen LogP contribution >= 0.6 is 0 Å². The van der Waals surface area contributed by atoms with Gasteiger partial charge in [-0.05, 0) is 23.5 Å². The molecule has 0 radical (unpaired) electrons.